The van der Waals surface area contributed by atoms with Gasteiger partial charge in [-0.15, -0.1) is 5.10 Å². The number of likely N-dealkylation sites (tertiary alicyclic amines) is 1. The zero-order chi connectivity index (χ0) is 30.1. The monoisotopic (exact) mass is 568 g/mol. The number of primary amides is 1. The Kier molecular flexibility index (Phi) is 11.4. The number of benzene rings is 1. The van der Waals surface area contributed by atoms with Gasteiger partial charge < -0.3 is 26.6 Å². The number of aryl methyl sites for hydroxylation is 1. The van der Waals surface area contributed by atoms with Crippen LogP contribution in [0.3, 0.4) is 0 Å². The van der Waals surface area contributed by atoms with Crippen LogP contribution in [0.4, 0.5) is 0 Å². The van der Waals surface area contributed by atoms with Gasteiger partial charge in [-0.25, -0.2) is 4.68 Å². The number of rotatable bonds is 14. The topological polar surface area (TPSA) is 164 Å². The summed E-state index contributed by atoms with van der Waals surface area (Å²) in [4.78, 5) is 54.1. The third kappa shape index (κ3) is 8.35. The summed E-state index contributed by atoms with van der Waals surface area (Å²) >= 11 is 0. The minimum Gasteiger partial charge on any atom is -0.368 e. The van der Waals surface area contributed by atoms with Crippen molar-refractivity contribution in [1.82, 2.24) is 35.8 Å². The quantitative estimate of drug-likeness (QED) is 0.261. The molecule has 2 heterocycles. The molecule has 4 amide bonds. The van der Waals surface area contributed by atoms with E-state index in [1.165, 1.54) is 4.90 Å². The van der Waals surface area contributed by atoms with Gasteiger partial charge in [-0.2, -0.15) is 0 Å². The van der Waals surface area contributed by atoms with Crippen molar-refractivity contribution < 1.29 is 19.2 Å². The van der Waals surface area contributed by atoms with Gasteiger partial charge in [-0.1, -0.05) is 62.7 Å². The van der Waals surface area contributed by atoms with Crippen LogP contribution in [0.15, 0.2) is 36.5 Å². The van der Waals surface area contributed by atoms with E-state index in [2.05, 4.69) is 33.2 Å². The van der Waals surface area contributed by atoms with Crippen LogP contribution in [0.25, 0.3) is 0 Å². The SMILES string of the molecule is CCCCc1cn([C@H]2C[C@@H](C(=O)N[C@@H](Cc3ccccc3)C(N)=O)N(C(=O)[C@@H](NC(=O)[C@H](C)NC)C(C)C)C2)nn1. The van der Waals surface area contributed by atoms with Gasteiger partial charge in [0.1, 0.15) is 18.1 Å². The van der Waals surface area contributed by atoms with E-state index < -0.39 is 36.0 Å². The highest BCUT2D eigenvalue weighted by Crippen LogP contribution is 2.29. The van der Waals surface area contributed by atoms with E-state index in [1.54, 1.807) is 18.7 Å². The van der Waals surface area contributed by atoms with Gasteiger partial charge in [0.05, 0.1) is 17.8 Å². The second kappa shape index (κ2) is 14.7. The van der Waals surface area contributed by atoms with Crippen molar-refractivity contribution in [3.63, 3.8) is 0 Å². The van der Waals surface area contributed by atoms with Crippen molar-refractivity contribution in [3.05, 3.63) is 47.8 Å². The lowest BCUT2D eigenvalue weighted by Gasteiger charge is -2.31. The molecule has 12 heteroatoms. The Morgan fingerprint density at radius 2 is 1.80 bits per heavy atom. The van der Waals surface area contributed by atoms with E-state index in [4.69, 9.17) is 5.73 Å². The second-order valence-corrected chi connectivity index (χ2v) is 11.1. The lowest BCUT2D eigenvalue weighted by atomic mass is 10.0. The van der Waals surface area contributed by atoms with E-state index in [0.717, 1.165) is 30.5 Å². The fraction of sp³-hybridized carbons (Fsp3) is 0.586. The van der Waals surface area contributed by atoms with E-state index in [0.29, 0.717) is 0 Å². The lowest BCUT2D eigenvalue weighted by molar-refractivity contribution is -0.143. The molecule has 1 fully saturated rings. The maximum Gasteiger partial charge on any atom is 0.246 e. The van der Waals surface area contributed by atoms with Gasteiger partial charge in [0.25, 0.3) is 0 Å². The Morgan fingerprint density at radius 1 is 1.10 bits per heavy atom. The number of likely N-dealkylation sites (N-methyl/N-ethyl adjacent to an activating group) is 1. The summed E-state index contributed by atoms with van der Waals surface area (Å²) in [5.74, 6) is -2.07. The van der Waals surface area contributed by atoms with Gasteiger partial charge in [0.2, 0.25) is 23.6 Å². The Morgan fingerprint density at radius 3 is 2.41 bits per heavy atom. The van der Waals surface area contributed by atoms with Crippen LogP contribution in [-0.2, 0) is 32.0 Å². The second-order valence-electron chi connectivity index (χ2n) is 11.1. The molecule has 12 nitrogen and oxygen atoms in total. The summed E-state index contributed by atoms with van der Waals surface area (Å²) in [6, 6.07) is 5.76. The maximum absolute atomic E-state index is 14.0. The number of carbonyl (C=O) groups excluding carboxylic acids is 4. The van der Waals surface area contributed by atoms with Gasteiger partial charge in [0.15, 0.2) is 0 Å². The van der Waals surface area contributed by atoms with Crippen molar-refractivity contribution in [2.75, 3.05) is 13.6 Å². The van der Waals surface area contributed by atoms with Crippen molar-refractivity contribution >= 4 is 23.6 Å². The van der Waals surface area contributed by atoms with Crippen LogP contribution in [0, 0.1) is 5.92 Å². The standard InChI is InChI=1S/C29H44N8O4/c1-6-7-13-21-16-37(35-34-21)22-15-24(28(40)32-23(26(30)38)14-20-11-9-8-10-12-20)36(17-22)29(41)25(18(2)3)33-27(39)19(4)31-5/h8-12,16,18-19,22-25,31H,6-7,13-15,17H2,1-5H3,(H2,30,38)(H,32,40)(H,33,39)/t19-,22-,23-,24-,25-/m0/s1. The highest BCUT2D eigenvalue weighted by atomic mass is 16.2. The first-order valence-electron chi connectivity index (χ1n) is 14.4. The Bertz CT molecular complexity index is 1180. The third-order valence-electron chi connectivity index (χ3n) is 7.58. The lowest BCUT2D eigenvalue weighted by Crippen LogP contribution is -2.58. The molecule has 0 spiro atoms. The van der Waals surface area contributed by atoms with Crippen molar-refractivity contribution in [2.24, 2.45) is 11.7 Å². The van der Waals surface area contributed by atoms with E-state index >= 15 is 0 Å². The molecule has 224 valence electrons. The molecule has 1 aliphatic rings. The van der Waals surface area contributed by atoms with Crippen LogP contribution < -0.4 is 21.7 Å². The minimum atomic E-state index is -0.954. The molecular weight excluding hydrogens is 524 g/mol. The van der Waals surface area contributed by atoms with Gasteiger partial charge in [-0.3, -0.25) is 19.2 Å². The molecule has 1 aliphatic heterocycles. The first kappa shape index (κ1) is 31.7. The van der Waals surface area contributed by atoms with Crippen LogP contribution in [-0.4, -0.2) is 81.3 Å². The third-order valence-corrected chi connectivity index (χ3v) is 7.58. The number of unbranched alkanes of at least 4 members (excludes halogenated alkanes) is 1. The van der Waals surface area contributed by atoms with Crippen molar-refractivity contribution in [2.45, 2.75) is 90.0 Å². The van der Waals surface area contributed by atoms with Gasteiger partial charge in [0, 0.05) is 25.6 Å². The zero-order valence-corrected chi connectivity index (χ0v) is 24.7. The summed E-state index contributed by atoms with van der Waals surface area (Å²) in [7, 11) is 1.67. The molecule has 5 N–H and O–H groups in total. The number of aromatic nitrogens is 3. The Labute approximate surface area is 241 Å². The van der Waals surface area contributed by atoms with Gasteiger partial charge >= 0.3 is 0 Å². The molecule has 5 atom stereocenters. The summed E-state index contributed by atoms with van der Waals surface area (Å²) < 4.78 is 1.71. The molecule has 0 unspecified atom stereocenters. The Hall–Kier alpha value is -3.80. The van der Waals surface area contributed by atoms with Crippen LogP contribution in [0.2, 0.25) is 0 Å². The molecule has 3 rings (SSSR count). The number of nitrogens with one attached hydrogen (secondary N) is 3. The largest absolute Gasteiger partial charge is 0.368 e. The van der Waals surface area contributed by atoms with Crippen LogP contribution in [0.1, 0.15) is 64.3 Å². The number of carbonyl (C=O) groups is 4. The van der Waals surface area contributed by atoms with E-state index in [9.17, 15) is 19.2 Å². The number of nitrogens with two attached hydrogens (primary N) is 1. The summed E-state index contributed by atoms with van der Waals surface area (Å²) in [5.41, 5.74) is 7.36. The number of hydrogen-bond donors (Lipinski definition) is 4. The maximum atomic E-state index is 14.0. The summed E-state index contributed by atoms with van der Waals surface area (Å²) in [6.07, 6.45) is 5.16. The first-order valence-corrected chi connectivity index (χ1v) is 14.4. The van der Waals surface area contributed by atoms with Gasteiger partial charge in [-0.05, 0) is 38.3 Å². The van der Waals surface area contributed by atoms with Crippen LogP contribution in [0.5, 0.6) is 0 Å². The van der Waals surface area contributed by atoms with E-state index in [-0.39, 0.29) is 43.2 Å². The fourth-order valence-electron chi connectivity index (χ4n) is 4.90. The fourth-order valence-corrected chi connectivity index (χ4v) is 4.90. The molecule has 0 bridgehead atoms. The molecule has 0 aliphatic carbocycles. The van der Waals surface area contributed by atoms with Crippen molar-refractivity contribution in [1.29, 1.82) is 0 Å². The normalized spacial score (nSPS) is 19.0. The molecule has 41 heavy (non-hydrogen) atoms. The highest BCUT2D eigenvalue weighted by molar-refractivity contribution is 5.95. The summed E-state index contributed by atoms with van der Waals surface area (Å²) in [5, 5.41) is 17.1. The number of nitrogens with zero attached hydrogens (tertiary/aromatic N) is 4. The van der Waals surface area contributed by atoms with Crippen LogP contribution >= 0.6 is 0 Å². The molecule has 1 aromatic carbocycles. The average Bonchev–Trinajstić information content (AvgIpc) is 3.61. The van der Waals surface area contributed by atoms with E-state index in [1.807, 2.05) is 50.4 Å². The number of amides is 4. The molecule has 2 aromatic rings. The molecule has 0 saturated carbocycles. The molecular formula is C29H44N8O4. The minimum absolute atomic E-state index is 0.202. The smallest absolute Gasteiger partial charge is 0.246 e. The first-order chi connectivity index (χ1) is 19.5. The molecule has 1 aromatic heterocycles. The molecule has 0 radical (unpaired) electrons. The highest BCUT2D eigenvalue weighted by Gasteiger charge is 2.44. The predicted octanol–water partition coefficient (Wildman–Crippen LogP) is 0.724. The zero-order valence-electron chi connectivity index (χ0n) is 24.7. The Balaban J connectivity index is 1.87. The molecule has 1 saturated heterocycles. The summed E-state index contributed by atoms with van der Waals surface area (Å²) in [6.45, 7) is 7.70. The average molecular weight is 569 g/mol. The predicted molar refractivity (Wildman–Crippen MR) is 154 cm³/mol. The number of hydrogen-bond acceptors (Lipinski definition) is 7. The van der Waals surface area contributed by atoms with Crippen molar-refractivity contribution in [3.8, 4) is 0 Å².